The molecule has 12 nitrogen and oxygen atoms in total. The number of ether oxygens (including phenoxy) is 1. The van der Waals surface area contributed by atoms with Crippen molar-refractivity contribution in [3.05, 3.63) is 78.6 Å². The van der Waals surface area contributed by atoms with Gasteiger partial charge in [-0.3, -0.25) is 9.59 Å². The maximum Gasteiger partial charge on any atom is 0.257 e. The summed E-state index contributed by atoms with van der Waals surface area (Å²) >= 11 is 0. The highest BCUT2D eigenvalue weighted by Crippen LogP contribution is 2.43. The van der Waals surface area contributed by atoms with Crippen molar-refractivity contribution < 1.29 is 27.5 Å². The third-order valence-corrected chi connectivity index (χ3v) is 8.62. The van der Waals surface area contributed by atoms with Gasteiger partial charge >= 0.3 is 0 Å². The number of nitrogens with two attached hydrogens (primary N) is 1. The molecule has 0 spiro atoms. The molecule has 2 atom stereocenters. The smallest absolute Gasteiger partial charge is 0.257 e. The summed E-state index contributed by atoms with van der Waals surface area (Å²) in [4.78, 5) is 40.4. The van der Waals surface area contributed by atoms with E-state index < -0.39 is 48.7 Å². The maximum absolute atomic E-state index is 15.0. The highest BCUT2D eigenvalue weighted by atomic mass is 19.3. The lowest BCUT2D eigenvalue weighted by Gasteiger charge is -2.36. The first kappa shape index (κ1) is 30.2. The molecule has 1 aliphatic heterocycles. The Morgan fingerprint density at radius 2 is 1.87 bits per heavy atom. The number of anilines is 1. The predicted octanol–water partition coefficient (Wildman–Crippen LogP) is 3.62. The molecule has 1 aliphatic carbocycles. The van der Waals surface area contributed by atoms with E-state index in [1.807, 2.05) is 47.2 Å². The second-order valence-corrected chi connectivity index (χ2v) is 11.8. The lowest BCUT2D eigenvalue weighted by molar-refractivity contribution is -0.159. The number of nitrogens with one attached hydrogen (secondary N) is 1. The number of aromatic nitrogens is 6. The number of amides is 2. The molecule has 15 heteroatoms. The lowest BCUT2D eigenvalue weighted by atomic mass is 9.80. The van der Waals surface area contributed by atoms with Crippen molar-refractivity contribution >= 4 is 23.1 Å². The Labute approximate surface area is 266 Å². The molecule has 5 heterocycles. The number of pyridine rings is 1. The Balaban J connectivity index is 1.14. The lowest BCUT2D eigenvalue weighted by Crippen LogP contribution is -2.47. The monoisotopic (exact) mass is 645 g/mol. The number of hydrogen-bond donors (Lipinski definition) is 2. The average molecular weight is 646 g/mol. The molecule has 5 aromatic rings. The van der Waals surface area contributed by atoms with E-state index in [9.17, 15) is 22.8 Å². The van der Waals surface area contributed by atoms with Gasteiger partial charge in [0.05, 0.1) is 44.0 Å². The Morgan fingerprint density at radius 3 is 2.62 bits per heavy atom. The van der Waals surface area contributed by atoms with Crippen LogP contribution in [0, 0.1) is 5.92 Å². The minimum atomic E-state index is -2.87. The molecule has 0 bridgehead atoms. The van der Waals surface area contributed by atoms with Crippen LogP contribution in [0.4, 0.5) is 19.0 Å². The minimum absolute atomic E-state index is 0.00590. The van der Waals surface area contributed by atoms with E-state index in [0.29, 0.717) is 23.3 Å². The fraction of sp³-hybridized carbons (Fsp3) is 0.312. The zero-order chi connectivity index (χ0) is 32.9. The Bertz CT molecular complexity index is 1970. The highest BCUT2D eigenvalue weighted by molar-refractivity contribution is 5.98. The van der Waals surface area contributed by atoms with Gasteiger partial charge in [0.15, 0.2) is 5.82 Å². The van der Waals surface area contributed by atoms with Crippen molar-refractivity contribution in [2.45, 2.75) is 37.5 Å². The number of likely N-dealkylation sites (tertiary alicyclic amines) is 1. The van der Waals surface area contributed by atoms with Crippen LogP contribution in [0.5, 0.6) is 5.88 Å². The van der Waals surface area contributed by atoms with Gasteiger partial charge in [0.2, 0.25) is 17.7 Å². The van der Waals surface area contributed by atoms with Gasteiger partial charge in [-0.1, -0.05) is 30.3 Å². The summed E-state index contributed by atoms with van der Waals surface area (Å²) in [5.41, 5.74) is 10.5. The first-order valence-corrected chi connectivity index (χ1v) is 14.9. The molecule has 1 aromatic carbocycles. The minimum Gasteiger partial charge on any atom is -0.480 e. The van der Waals surface area contributed by atoms with Gasteiger partial charge < -0.3 is 25.3 Å². The van der Waals surface area contributed by atoms with Crippen LogP contribution in [-0.4, -0.2) is 84.2 Å². The number of fused-ring (bicyclic) bond motifs is 1. The van der Waals surface area contributed by atoms with Crippen molar-refractivity contribution in [1.29, 1.82) is 0 Å². The van der Waals surface area contributed by atoms with E-state index in [4.69, 9.17) is 10.5 Å². The Hall–Kier alpha value is -5.47. The normalized spacial score (nSPS) is 19.1. The summed E-state index contributed by atoms with van der Waals surface area (Å²) in [6.07, 6.45) is 3.82. The number of benzene rings is 1. The van der Waals surface area contributed by atoms with Crippen LogP contribution in [-0.2, 0) is 11.3 Å². The summed E-state index contributed by atoms with van der Waals surface area (Å²) in [7, 11) is 1.36. The predicted molar refractivity (Wildman–Crippen MR) is 164 cm³/mol. The fourth-order valence-electron chi connectivity index (χ4n) is 6.21. The SMILES string of the molecule is COc1ncc(-c2cc(Cn3cnc(-c4ccccc4)c3)c3c(N)ncnn23)cc1C(=O)NC1CN(C(=O)C2CC(F)(F)C2)CC1F. The van der Waals surface area contributed by atoms with Gasteiger partial charge in [-0.25, -0.2) is 32.6 Å². The van der Waals surface area contributed by atoms with E-state index in [1.165, 1.54) is 24.5 Å². The molecule has 0 radical (unpaired) electrons. The highest BCUT2D eigenvalue weighted by Gasteiger charge is 2.51. The van der Waals surface area contributed by atoms with Crippen molar-refractivity contribution in [2.75, 3.05) is 25.9 Å². The fourth-order valence-corrected chi connectivity index (χ4v) is 6.21. The topological polar surface area (TPSA) is 146 Å². The number of methoxy groups -OCH3 is 1. The molecule has 47 heavy (non-hydrogen) atoms. The van der Waals surface area contributed by atoms with E-state index in [-0.39, 0.29) is 30.4 Å². The summed E-state index contributed by atoms with van der Waals surface area (Å²) < 4.78 is 50.5. The van der Waals surface area contributed by atoms with Crippen LogP contribution in [0.25, 0.3) is 28.0 Å². The summed E-state index contributed by atoms with van der Waals surface area (Å²) in [5.74, 6) is -4.65. The van der Waals surface area contributed by atoms with E-state index in [1.54, 1.807) is 16.9 Å². The summed E-state index contributed by atoms with van der Waals surface area (Å²) in [6, 6.07) is 12.2. The number of nitrogen functional groups attached to an aromatic ring is 1. The quantitative estimate of drug-likeness (QED) is 0.260. The summed E-state index contributed by atoms with van der Waals surface area (Å²) in [5, 5.41) is 7.05. The van der Waals surface area contributed by atoms with Crippen molar-refractivity contribution in [3.63, 3.8) is 0 Å². The van der Waals surface area contributed by atoms with Crippen LogP contribution in [0.3, 0.4) is 0 Å². The van der Waals surface area contributed by atoms with Crippen LogP contribution in [0.1, 0.15) is 28.8 Å². The molecule has 2 amide bonds. The van der Waals surface area contributed by atoms with Gasteiger partial charge in [-0.2, -0.15) is 5.10 Å². The summed E-state index contributed by atoms with van der Waals surface area (Å²) in [6.45, 7) is -0.0252. The molecule has 2 fully saturated rings. The van der Waals surface area contributed by atoms with Gasteiger partial charge in [-0.05, 0) is 12.1 Å². The van der Waals surface area contributed by atoms with Crippen LogP contribution in [0.15, 0.2) is 67.5 Å². The number of carbonyl (C=O) groups is 2. The van der Waals surface area contributed by atoms with E-state index in [2.05, 4.69) is 25.4 Å². The number of hydrogen-bond acceptors (Lipinski definition) is 8. The average Bonchev–Trinajstić information content (AvgIpc) is 3.78. The second-order valence-electron chi connectivity index (χ2n) is 11.8. The molecule has 1 saturated heterocycles. The zero-order valence-corrected chi connectivity index (χ0v) is 25.2. The number of imidazole rings is 1. The van der Waals surface area contributed by atoms with Crippen LogP contribution >= 0.6 is 0 Å². The molecule has 3 N–H and O–H groups in total. The van der Waals surface area contributed by atoms with Gasteiger partial charge in [0, 0.05) is 54.4 Å². The maximum atomic E-state index is 15.0. The number of halogens is 3. The van der Waals surface area contributed by atoms with Crippen LogP contribution < -0.4 is 15.8 Å². The van der Waals surface area contributed by atoms with Crippen LogP contribution in [0.2, 0.25) is 0 Å². The molecule has 1 saturated carbocycles. The van der Waals surface area contributed by atoms with Gasteiger partial charge in [0.1, 0.15) is 23.6 Å². The first-order valence-electron chi connectivity index (χ1n) is 14.9. The number of alkyl halides is 3. The first-order chi connectivity index (χ1) is 22.6. The number of carbonyl (C=O) groups excluding carboxylic acids is 2. The Kier molecular flexibility index (Phi) is 7.53. The molecule has 2 unspecified atom stereocenters. The molecular formula is C32H30F3N9O3. The Morgan fingerprint density at radius 1 is 1.09 bits per heavy atom. The third-order valence-electron chi connectivity index (χ3n) is 8.62. The number of nitrogens with zero attached hydrogens (tertiary/aromatic N) is 7. The van der Waals surface area contributed by atoms with Gasteiger partial charge in [-0.15, -0.1) is 0 Å². The molecule has 242 valence electrons. The molecule has 7 rings (SSSR count). The van der Waals surface area contributed by atoms with Crippen molar-refractivity contribution in [2.24, 2.45) is 5.92 Å². The van der Waals surface area contributed by atoms with E-state index >= 15 is 0 Å². The largest absolute Gasteiger partial charge is 0.480 e. The second kappa shape index (κ2) is 11.7. The van der Waals surface area contributed by atoms with Crippen molar-refractivity contribution in [3.8, 4) is 28.4 Å². The standard InChI is InChI=1S/C32H30F3N9O3/c1-47-30-22(29(45)41-25-15-43(13-23(25)33)31(46)21-9-32(34,35)10-21)7-19(11-37-30)26-8-20(27-28(36)38-16-40-44(26)27)12-42-14-24(39-17-42)18-5-3-2-4-6-18/h2-8,11,14,16-17,21,23,25H,9-10,12-13,15H2,1H3,(H,41,45)(H2,36,38,40). The molecule has 4 aromatic heterocycles. The third kappa shape index (κ3) is 5.72. The molecular weight excluding hydrogens is 615 g/mol. The zero-order valence-electron chi connectivity index (χ0n) is 25.2. The van der Waals surface area contributed by atoms with Crippen molar-refractivity contribution in [1.82, 2.24) is 39.3 Å². The van der Waals surface area contributed by atoms with E-state index in [0.717, 1.165) is 16.8 Å². The molecule has 2 aliphatic rings. The van der Waals surface area contributed by atoms with Gasteiger partial charge in [0.25, 0.3) is 5.91 Å². The number of rotatable bonds is 8.